The van der Waals surface area contributed by atoms with E-state index in [1.807, 2.05) is 44.7 Å². The van der Waals surface area contributed by atoms with Crippen LogP contribution in [0.4, 0.5) is 0 Å². The van der Waals surface area contributed by atoms with E-state index >= 15 is 0 Å². The number of amides is 1. The van der Waals surface area contributed by atoms with E-state index in [1.54, 1.807) is 0 Å². The van der Waals surface area contributed by atoms with Crippen molar-refractivity contribution in [3.63, 3.8) is 0 Å². The van der Waals surface area contributed by atoms with Crippen LogP contribution in [0.1, 0.15) is 40.5 Å². The summed E-state index contributed by atoms with van der Waals surface area (Å²) in [6.45, 7) is 17.9. The minimum Gasteiger partial charge on any atom is -0.385 e. The molecule has 134 valence electrons. The molecule has 0 atom stereocenters. The van der Waals surface area contributed by atoms with Gasteiger partial charge < -0.3 is 15.5 Å². The minimum atomic E-state index is -1.48. The predicted molar refractivity (Wildman–Crippen MR) is 108 cm³/mol. The maximum atomic E-state index is 12.4. The fraction of sp³-hybridized carbons (Fsp3) is 0.632. The first-order valence-electron chi connectivity index (χ1n) is 8.87. The molecule has 25 heavy (non-hydrogen) atoms. The van der Waals surface area contributed by atoms with Crippen LogP contribution in [0.5, 0.6) is 0 Å². The average Bonchev–Trinajstić information content (AvgIpc) is 2.51. The topological polar surface area (TPSA) is 44.4 Å². The van der Waals surface area contributed by atoms with E-state index in [0.29, 0.717) is 19.0 Å². The molecule has 0 saturated carbocycles. The van der Waals surface area contributed by atoms with Crippen LogP contribution in [0.3, 0.4) is 0 Å². The minimum absolute atomic E-state index is 0.340. The van der Waals surface area contributed by atoms with Crippen molar-refractivity contribution >= 4 is 21.6 Å². The zero-order chi connectivity index (χ0) is 19.3. The molecule has 0 aromatic rings. The summed E-state index contributed by atoms with van der Waals surface area (Å²) in [4.78, 5) is 14.2. The van der Waals surface area contributed by atoms with Gasteiger partial charge in [-0.25, -0.2) is 0 Å². The van der Waals surface area contributed by atoms with E-state index in [4.69, 9.17) is 15.7 Å². The zero-order valence-electron chi connectivity index (χ0n) is 16.2. The van der Waals surface area contributed by atoms with Crippen LogP contribution < -0.4 is 10.6 Å². The van der Waals surface area contributed by atoms with Gasteiger partial charge in [0.1, 0.15) is 0 Å². The quantitative estimate of drug-likeness (QED) is 0.550. The Hall–Kier alpha value is -1.42. The number of rotatable bonds is 7. The van der Waals surface area contributed by atoms with Gasteiger partial charge in [-0.15, -0.1) is 0 Å². The Labute approximate surface area is 156 Å². The molecule has 0 aromatic carbocycles. The van der Waals surface area contributed by atoms with Crippen molar-refractivity contribution in [2.45, 2.75) is 51.4 Å². The fourth-order valence-corrected chi connectivity index (χ4v) is 2.77. The summed E-state index contributed by atoms with van der Waals surface area (Å²) < 4.78 is 0. The van der Waals surface area contributed by atoms with E-state index in [1.165, 1.54) is 0 Å². The number of carbonyl (C=O) groups excluding carboxylic acids is 1. The zero-order valence-corrected chi connectivity index (χ0v) is 16.2. The molecule has 1 aliphatic heterocycles. The van der Waals surface area contributed by atoms with Crippen LogP contribution in [0.2, 0.25) is 0 Å². The molecule has 4 nitrogen and oxygen atoms in total. The van der Waals surface area contributed by atoms with Gasteiger partial charge in [-0.1, -0.05) is 25.3 Å². The van der Waals surface area contributed by atoms with Gasteiger partial charge in [-0.05, 0) is 65.1 Å². The van der Waals surface area contributed by atoms with Gasteiger partial charge in [0.05, 0.1) is 15.7 Å². The largest absolute Gasteiger partial charge is 0.385 e. The average molecular weight is 339 g/mol. The molecular weight excluding hydrogens is 308 g/mol. The van der Waals surface area contributed by atoms with Gasteiger partial charge >= 0.3 is 0 Å². The van der Waals surface area contributed by atoms with Crippen LogP contribution >= 0.6 is 0 Å². The fourth-order valence-electron chi connectivity index (χ4n) is 2.77. The van der Waals surface area contributed by atoms with E-state index in [0.717, 1.165) is 30.7 Å². The standard InChI is InChI=1S/C19H31B2N3O/c1-7-8-14(2)15(3)22-13-16-9-11-24(12-10-16)19(20,21)17(25)23-18(4,5)6/h7-8,16,22H,2-3,9-13H2,1,4-6H3,(H,23,25)/b8-7+. The van der Waals surface area contributed by atoms with Crippen LogP contribution in [0.25, 0.3) is 0 Å². The molecule has 1 aliphatic rings. The maximum absolute atomic E-state index is 12.4. The van der Waals surface area contributed by atoms with Crippen molar-refractivity contribution in [1.29, 1.82) is 0 Å². The van der Waals surface area contributed by atoms with Crippen LogP contribution in [-0.4, -0.2) is 57.0 Å². The molecule has 0 aromatic heterocycles. The first-order chi connectivity index (χ1) is 11.5. The summed E-state index contributed by atoms with van der Waals surface area (Å²) in [6, 6.07) is 0. The van der Waals surface area contributed by atoms with Crippen LogP contribution in [-0.2, 0) is 4.79 Å². The summed E-state index contributed by atoms with van der Waals surface area (Å²) in [5.41, 5.74) is 1.37. The van der Waals surface area contributed by atoms with E-state index in [2.05, 4.69) is 23.8 Å². The lowest BCUT2D eigenvalue weighted by Crippen LogP contribution is -2.64. The lowest BCUT2D eigenvalue weighted by Gasteiger charge is -2.44. The van der Waals surface area contributed by atoms with E-state index in [9.17, 15) is 4.79 Å². The van der Waals surface area contributed by atoms with Gasteiger partial charge in [0.2, 0.25) is 5.91 Å². The van der Waals surface area contributed by atoms with Gasteiger partial charge in [-0.3, -0.25) is 4.79 Å². The van der Waals surface area contributed by atoms with E-state index in [-0.39, 0.29) is 11.4 Å². The Bertz CT molecular complexity index is 527. The highest BCUT2D eigenvalue weighted by molar-refractivity contribution is 6.51. The molecule has 6 heteroatoms. The highest BCUT2D eigenvalue weighted by Crippen LogP contribution is 2.22. The third-order valence-corrected chi connectivity index (χ3v) is 4.35. The van der Waals surface area contributed by atoms with Crippen molar-refractivity contribution in [3.8, 4) is 0 Å². The smallest absolute Gasteiger partial charge is 0.222 e. The summed E-state index contributed by atoms with van der Waals surface area (Å²) in [5, 5.41) is 4.72. The van der Waals surface area contributed by atoms with Crippen molar-refractivity contribution in [2.24, 2.45) is 5.92 Å². The first-order valence-corrected chi connectivity index (χ1v) is 8.87. The molecule has 0 aliphatic carbocycles. The number of hydrogen-bond donors (Lipinski definition) is 2. The van der Waals surface area contributed by atoms with Crippen LogP contribution in [0, 0.1) is 5.92 Å². The Morgan fingerprint density at radius 2 is 1.80 bits per heavy atom. The lowest BCUT2D eigenvalue weighted by molar-refractivity contribution is -0.127. The van der Waals surface area contributed by atoms with Gasteiger partial charge in [0.25, 0.3) is 0 Å². The molecule has 1 rings (SSSR count). The molecule has 0 spiro atoms. The van der Waals surface area contributed by atoms with Crippen molar-refractivity contribution in [2.75, 3.05) is 19.6 Å². The SMILES string of the molecule is [B]C([B])(C(=O)NC(C)(C)C)N1CCC(CNC(=C)C(=C)/C=C/C)CC1. The number of hydrogen-bond acceptors (Lipinski definition) is 3. The Morgan fingerprint density at radius 1 is 1.24 bits per heavy atom. The normalized spacial score (nSPS) is 17.4. The summed E-state index contributed by atoms with van der Waals surface area (Å²) in [6.07, 6.45) is 5.73. The van der Waals surface area contributed by atoms with Crippen LogP contribution in [0.15, 0.2) is 36.6 Å². The molecule has 1 saturated heterocycles. The number of allylic oxidation sites excluding steroid dienone is 2. The molecule has 1 heterocycles. The Balaban J connectivity index is 2.48. The number of nitrogens with zero attached hydrogens (tertiary/aromatic N) is 1. The summed E-state index contributed by atoms with van der Waals surface area (Å²) in [5.74, 6) is 0.153. The highest BCUT2D eigenvalue weighted by atomic mass is 16.2. The molecule has 4 radical (unpaired) electrons. The summed E-state index contributed by atoms with van der Waals surface area (Å²) in [7, 11) is 12.3. The third-order valence-electron chi connectivity index (χ3n) is 4.35. The van der Waals surface area contributed by atoms with Gasteiger partial charge in [0, 0.05) is 23.1 Å². The number of likely N-dealkylation sites (tertiary alicyclic amines) is 1. The highest BCUT2D eigenvalue weighted by Gasteiger charge is 2.36. The van der Waals surface area contributed by atoms with Gasteiger partial charge in [0.15, 0.2) is 0 Å². The molecule has 1 fully saturated rings. The second-order valence-corrected chi connectivity index (χ2v) is 7.84. The lowest BCUT2D eigenvalue weighted by atomic mass is 9.59. The molecule has 1 amide bonds. The van der Waals surface area contributed by atoms with Gasteiger partial charge in [-0.2, -0.15) is 0 Å². The third kappa shape index (κ3) is 6.77. The second-order valence-electron chi connectivity index (χ2n) is 7.84. The number of nitrogens with one attached hydrogen (secondary N) is 2. The number of carbonyl (C=O) groups is 1. The molecule has 0 unspecified atom stereocenters. The van der Waals surface area contributed by atoms with E-state index < -0.39 is 5.34 Å². The first kappa shape index (κ1) is 21.6. The van der Waals surface area contributed by atoms with Crippen molar-refractivity contribution in [3.05, 3.63) is 36.6 Å². The molecular formula is C19H31B2N3O. The maximum Gasteiger partial charge on any atom is 0.222 e. The second kappa shape index (κ2) is 8.79. The Kier molecular flexibility index (Phi) is 7.61. The molecule has 2 N–H and O–H groups in total. The monoisotopic (exact) mass is 339 g/mol. The molecule has 0 bridgehead atoms. The van der Waals surface area contributed by atoms with Crippen molar-refractivity contribution < 1.29 is 4.79 Å². The predicted octanol–water partition coefficient (Wildman–Crippen LogP) is 1.84. The van der Waals surface area contributed by atoms with Crippen molar-refractivity contribution in [1.82, 2.24) is 15.5 Å². The summed E-state index contributed by atoms with van der Waals surface area (Å²) >= 11 is 0. The number of piperidine rings is 1. The Morgan fingerprint density at radius 3 is 2.28 bits per heavy atom.